The van der Waals surface area contributed by atoms with Gasteiger partial charge < -0.3 is 5.73 Å². The van der Waals surface area contributed by atoms with Gasteiger partial charge in [-0.1, -0.05) is 42.5 Å². The average molecular weight is 268 g/mol. The number of hydrogen-bond donors (Lipinski definition) is 1. The summed E-state index contributed by atoms with van der Waals surface area (Å²) in [6.45, 7) is 0. The maximum absolute atomic E-state index is 6.23. The number of hydrogen-bond acceptors (Lipinski definition) is 3. The molecule has 0 spiro atoms. The Kier molecular flexibility index (Phi) is 3.58. The van der Waals surface area contributed by atoms with E-state index in [1.165, 1.54) is 10.3 Å². The molecule has 19 heavy (non-hydrogen) atoms. The topological polar surface area (TPSA) is 38.9 Å². The Morgan fingerprint density at radius 1 is 0.947 bits per heavy atom. The third kappa shape index (κ3) is 3.00. The maximum Gasteiger partial charge on any atom is 0.0954 e. The lowest BCUT2D eigenvalue weighted by Gasteiger charge is -2.09. The minimum Gasteiger partial charge on any atom is -0.327 e. The summed E-state index contributed by atoms with van der Waals surface area (Å²) in [4.78, 5) is 4.63. The molecule has 96 valence electrons. The van der Waals surface area contributed by atoms with Crippen molar-refractivity contribution in [2.75, 3.05) is 0 Å². The van der Waals surface area contributed by atoms with Crippen LogP contribution in [0.3, 0.4) is 0 Å². The molecule has 0 aliphatic carbocycles. The standard InChI is InChI=1S/C16H16N2S/c17-13(10-12-6-2-1-3-7-12)11-16-18-14-8-4-5-9-15(14)19-16/h1-9,13H,10-11,17H2. The second kappa shape index (κ2) is 5.51. The Hall–Kier alpha value is -1.71. The van der Waals surface area contributed by atoms with Gasteiger partial charge in [0.15, 0.2) is 0 Å². The highest BCUT2D eigenvalue weighted by atomic mass is 32.1. The normalized spacial score (nSPS) is 12.7. The molecular weight excluding hydrogens is 252 g/mol. The fourth-order valence-corrected chi connectivity index (χ4v) is 3.28. The lowest BCUT2D eigenvalue weighted by Crippen LogP contribution is -2.25. The van der Waals surface area contributed by atoms with Crippen LogP contribution in [0.25, 0.3) is 10.2 Å². The second-order valence-electron chi connectivity index (χ2n) is 4.73. The van der Waals surface area contributed by atoms with Crippen LogP contribution in [0, 0.1) is 0 Å². The predicted octanol–water partition coefficient (Wildman–Crippen LogP) is 3.41. The van der Waals surface area contributed by atoms with Crippen LogP contribution in [0.2, 0.25) is 0 Å². The molecule has 0 saturated carbocycles. The molecule has 1 aromatic heterocycles. The fourth-order valence-electron chi connectivity index (χ4n) is 2.22. The van der Waals surface area contributed by atoms with Crippen molar-refractivity contribution in [3.8, 4) is 0 Å². The van der Waals surface area contributed by atoms with Crippen LogP contribution in [0.1, 0.15) is 10.6 Å². The van der Waals surface area contributed by atoms with Crippen molar-refractivity contribution >= 4 is 21.6 Å². The van der Waals surface area contributed by atoms with Crippen molar-refractivity contribution in [2.45, 2.75) is 18.9 Å². The van der Waals surface area contributed by atoms with Gasteiger partial charge in [-0.15, -0.1) is 11.3 Å². The highest BCUT2D eigenvalue weighted by Crippen LogP contribution is 2.22. The number of para-hydroxylation sites is 1. The van der Waals surface area contributed by atoms with Crippen LogP contribution < -0.4 is 5.73 Å². The lowest BCUT2D eigenvalue weighted by molar-refractivity contribution is 0.663. The predicted molar refractivity (Wildman–Crippen MR) is 81.4 cm³/mol. The van der Waals surface area contributed by atoms with Crippen molar-refractivity contribution in [3.05, 3.63) is 65.2 Å². The second-order valence-corrected chi connectivity index (χ2v) is 5.84. The number of rotatable bonds is 4. The van der Waals surface area contributed by atoms with E-state index in [0.717, 1.165) is 23.4 Å². The van der Waals surface area contributed by atoms with E-state index in [0.29, 0.717) is 0 Å². The molecule has 1 unspecified atom stereocenters. The molecule has 3 aromatic rings. The molecule has 2 nitrogen and oxygen atoms in total. The van der Waals surface area contributed by atoms with Gasteiger partial charge in [0, 0.05) is 12.5 Å². The van der Waals surface area contributed by atoms with Crippen LogP contribution in [-0.4, -0.2) is 11.0 Å². The zero-order valence-electron chi connectivity index (χ0n) is 10.6. The average Bonchev–Trinajstić information content (AvgIpc) is 2.81. The van der Waals surface area contributed by atoms with Gasteiger partial charge in [-0.2, -0.15) is 0 Å². The molecule has 2 N–H and O–H groups in total. The third-order valence-electron chi connectivity index (χ3n) is 3.12. The quantitative estimate of drug-likeness (QED) is 0.787. The van der Waals surface area contributed by atoms with Crippen molar-refractivity contribution < 1.29 is 0 Å². The Morgan fingerprint density at radius 2 is 1.68 bits per heavy atom. The van der Waals surface area contributed by atoms with Gasteiger partial charge in [-0.05, 0) is 24.1 Å². The van der Waals surface area contributed by atoms with E-state index in [4.69, 9.17) is 5.73 Å². The van der Waals surface area contributed by atoms with Crippen molar-refractivity contribution in [1.82, 2.24) is 4.98 Å². The first-order valence-corrected chi connectivity index (χ1v) is 7.27. The lowest BCUT2D eigenvalue weighted by atomic mass is 10.0. The van der Waals surface area contributed by atoms with E-state index in [1.807, 2.05) is 18.2 Å². The first-order valence-electron chi connectivity index (χ1n) is 6.45. The van der Waals surface area contributed by atoms with Crippen molar-refractivity contribution in [2.24, 2.45) is 5.73 Å². The largest absolute Gasteiger partial charge is 0.327 e. The summed E-state index contributed by atoms with van der Waals surface area (Å²) in [5.41, 5.74) is 8.59. The summed E-state index contributed by atoms with van der Waals surface area (Å²) in [5.74, 6) is 0. The Bertz CT molecular complexity index is 628. The van der Waals surface area contributed by atoms with Gasteiger partial charge in [0.1, 0.15) is 0 Å². The van der Waals surface area contributed by atoms with E-state index in [-0.39, 0.29) is 6.04 Å². The van der Waals surface area contributed by atoms with E-state index >= 15 is 0 Å². The van der Waals surface area contributed by atoms with Crippen LogP contribution >= 0.6 is 11.3 Å². The zero-order chi connectivity index (χ0) is 13.1. The highest BCUT2D eigenvalue weighted by Gasteiger charge is 2.09. The molecule has 0 aliphatic heterocycles. The molecule has 0 fully saturated rings. The maximum atomic E-state index is 6.23. The van der Waals surface area contributed by atoms with E-state index in [2.05, 4.69) is 41.4 Å². The molecule has 1 atom stereocenters. The molecule has 1 heterocycles. The number of aromatic nitrogens is 1. The smallest absolute Gasteiger partial charge is 0.0954 e. The Balaban J connectivity index is 1.70. The van der Waals surface area contributed by atoms with E-state index < -0.39 is 0 Å². The number of nitrogens with zero attached hydrogens (tertiary/aromatic N) is 1. The third-order valence-corrected chi connectivity index (χ3v) is 4.17. The summed E-state index contributed by atoms with van der Waals surface area (Å²) >= 11 is 1.75. The van der Waals surface area contributed by atoms with E-state index in [9.17, 15) is 0 Å². The first kappa shape index (κ1) is 12.3. The first-order chi connectivity index (χ1) is 9.31. The van der Waals surface area contributed by atoms with E-state index in [1.54, 1.807) is 11.3 Å². The molecule has 3 heteroatoms. The monoisotopic (exact) mass is 268 g/mol. The molecule has 0 aliphatic rings. The molecule has 3 rings (SSSR count). The summed E-state index contributed by atoms with van der Waals surface area (Å²) in [6, 6.07) is 18.8. The van der Waals surface area contributed by atoms with Gasteiger partial charge >= 0.3 is 0 Å². The van der Waals surface area contributed by atoms with Crippen LogP contribution in [0.15, 0.2) is 54.6 Å². The summed E-state index contributed by atoms with van der Waals surface area (Å²) in [6.07, 6.45) is 1.74. The van der Waals surface area contributed by atoms with Gasteiger partial charge in [0.2, 0.25) is 0 Å². The summed E-state index contributed by atoms with van der Waals surface area (Å²) < 4.78 is 1.24. The van der Waals surface area contributed by atoms with Gasteiger partial charge in [0.25, 0.3) is 0 Å². The number of fused-ring (bicyclic) bond motifs is 1. The molecule has 2 aromatic carbocycles. The van der Waals surface area contributed by atoms with Crippen molar-refractivity contribution in [1.29, 1.82) is 0 Å². The van der Waals surface area contributed by atoms with Crippen molar-refractivity contribution in [3.63, 3.8) is 0 Å². The Labute approximate surface area is 116 Å². The zero-order valence-corrected chi connectivity index (χ0v) is 11.4. The molecule has 0 saturated heterocycles. The minimum atomic E-state index is 0.128. The SMILES string of the molecule is NC(Cc1ccccc1)Cc1nc2ccccc2s1. The molecule has 0 amide bonds. The number of benzene rings is 2. The highest BCUT2D eigenvalue weighted by molar-refractivity contribution is 7.18. The van der Waals surface area contributed by atoms with Gasteiger partial charge in [0.05, 0.1) is 15.2 Å². The van der Waals surface area contributed by atoms with Gasteiger partial charge in [-0.3, -0.25) is 0 Å². The van der Waals surface area contributed by atoms with Crippen LogP contribution in [0.4, 0.5) is 0 Å². The number of nitrogens with two attached hydrogens (primary N) is 1. The minimum absolute atomic E-state index is 0.128. The van der Waals surface area contributed by atoms with Crippen LogP contribution in [-0.2, 0) is 12.8 Å². The Morgan fingerprint density at radius 3 is 2.47 bits per heavy atom. The molecule has 0 bridgehead atoms. The fraction of sp³-hybridized carbons (Fsp3) is 0.188. The summed E-state index contributed by atoms with van der Waals surface area (Å²) in [7, 11) is 0. The van der Waals surface area contributed by atoms with Gasteiger partial charge in [-0.25, -0.2) is 4.98 Å². The number of thiazole rings is 1. The van der Waals surface area contributed by atoms with Crippen LogP contribution in [0.5, 0.6) is 0 Å². The summed E-state index contributed by atoms with van der Waals surface area (Å²) in [5, 5.41) is 1.13. The molecule has 0 radical (unpaired) electrons. The molecular formula is C16H16N2S.